The van der Waals surface area contributed by atoms with E-state index in [1.54, 1.807) is 0 Å². The molecule has 0 saturated carbocycles. The maximum atomic E-state index is 12.1. The van der Waals surface area contributed by atoms with Gasteiger partial charge in [-0.25, -0.2) is 0 Å². The van der Waals surface area contributed by atoms with Gasteiger partial charge in [0, 0.05) is 26.1 Å². The highest BCUT2D eigenvalue weighted by molar-refractivity contribution is 5.76. The van der Waals surface area contributed by atoms with Gasteiger partial charge in [-0.05, 0) is 18.9 Å². The molecule has 0 spiro atoms. The topological polar surface area (TPSA) is 32.3 Å². The molecule has 0 unspecified atom stereocenters. The van der Waals surface area contributed by atoms with E-state index in [0.717, 1.165) is 32.5 Å². The van der Waals surface area contributed by atoms with Gasteiger partial charge in [0.15, 0.2) is 0 Å². The van der Waals surface area contributed by atoms with Crippen LogP contribution in [0.1, 0.15) is 47.0 Å². The second-order valence-corrected chi connectivity index (χ2v) is 5.58. The van der Waals surface area contributed by atoms with Crippen LogP contribution in [0, 0.1) is 5.41 Å². The summed E-state index contributed by atoms with van der Waals surface area (Å²) in [6, 6.07) is 0. The van der Waals surface area contributed by atoms with Gasteiger partial charge in [0.1, 0.15) is 0 Å². The van der Waals surface area contributed by atoms with Crippen LogP contribution in [0.4, 0.5) is 0 Å². The molecule has 0 aromatic carbocycles. The molecule has 0 radical (unpaired) electrons. The Morgan fingerprint density at radius 3 is 2.31 bits per heavy atom. The van der Waals surface area contributed by atoms with Gasteiger partial charge in [-0.15, -0.1) is 0 Å². The number of amides is 1. The minimum Gasteiger partial charge on any atom is -0.341 e. The molecule has 0 aromatic heterocycles. The minimum absolute atomic E-state index is 0.0845. The number of rotatable bonds is 7. The van der Waals surface area contributed by atoms with Crippen molar-refractivity contribution >= 4 is 5.91 Å². The lowest BCUT2D eigenvalue weighted by atomic mass is 9.91. The smallest absolute Gasteiger partial charge is 0.223 e. The monoisotopic (exact) mass is 228 g/mol. The summed E-state index contributed by atoms with van der Waals surface area (Å²) >= 11 is 0. The first-order chi connectivity index (χ1) is 7.40. The van der Waals surface area contributed by atoms with Gasteiger partial charge < -0.3 is 10.2 Å². The van der Waals surface area contributed by atoms with Crippen LogP contribution in [-0.2, 0) is 4.79 Å². The number of hydrogen-bond donors (Lipinski definition) is 1. The molecule has 0 heterocycles. The van der Waals surface area contributed by atoms with E-state index < -0.39 is 0 Å². The van der Waals surface area contributed by atoms with E-state index in [0.29, 0.717) is 6.42 Å². The van der Waals surface area contributed by atoms with Crippen molar-refractivity contribution in [1.29, 1.82) is 0 Å². The lowest BCUT2D eigenvalue weighted by molar-refractivity contribution is -0.133. The molecule has 0 atom stereocenters. The molecule has 0 fully saturated rings. The predicted octanol–water partition coefficient (Wildman–Crippen LogP) is 2.27. The van der Waals surface area contributed by atoms with Crippen LogP contribution in [0.5, 0.6) is 0 Å². The molecule has 0 bridgehead atoms. The fourth-order valence-electron chi connectivity index (χ4n) is 1.52. The second kappa shape index (κ2) is 7.66. The van der Waals surface area contributed by atoms with E-state index in [4.69, 9.17) is 0 Å². The van der Waals surface area contributed by atoms with Crippen LogP contribution in [0.3, 0.4) is 0 Å². The molecule has 96 valence electrons. The number of unbranched alkanes of at least 4 members (excludes halogenated alkanes) is 1. The van der Waals surface area contributed by atoms with Crippen LogP contribution >= 0.6 is 0 Å². The number of carbonyl (C=O) groups is 1. The van der Waals surface area contributed by atoms with E-state index >= 15 is 0 Å². The van der Waals surface area contributed by atoms with E-state index in [9.17, 15) is 4.79 Å². The number of likely N-dealkylation sites (N-methyl/N-ethyl adjacent to an activating group) is 1. The van der Waals surface area contributed by atoms with Crippen molar-refractivity contribution in [3.05, 3.63) is 0 Å². The molecule has 16 heavy (non-hydrogen) atoms. The Kier molecular flexibility index (Phi) is 7.39. The Labute approximate surface area is 101 Å². The molecular formula is C13H28N2O. The van der Waals surface area contributed by atoms with Gasteiger partial charge in [-0.2, -0.15) is 0 Å². The average Bonchev–Trinajstić information content (AvgIpc) is 2.15. The van der Waals surface area contributed by atoms with Crippen LogP contribution in [0.15, 0.2) is 0 Å². The Morgan fingerprint density at radius 1 is 1.25 bits per heavy atom. The standard InChI is InChI=1S/C13H28N2O/c1-6-7-9-15(10-8-14-5)12(16)11-13(2,3)4/h14H,6-11H2,1-5H3. The third-order valence-electron chi connectivity index (χ3n) is 2.45. The van der Waals surface area contributed by atoms with Crippen molar-refractivity contribution in [2.75, 3.05) is 26.7 Å². The summed E-state index contributed by atoms with van der Waals surface area (Å²) < 4.78 is 0. The Hall–Kier alpha value is -0.570. The van der Waals surface area contributed by atoms with Gasteiger partial charge in [-0.1, -0.05) is 34.1 Å². The fraction of sp³-hybridized carbons (Fsp3) is 0.923. The molecular weight excluding hydrogens is 200 g/mol. The third kappa shape index (κ3) is 7.69. The van der Waals surface area contributed by atoms with E-state index in [-0.39, 0.29) is 11.3 Å². The lowest BCUT2D eigenvalue weighted by Gasteiger charge is -2.26. The first-order valence-corrected chi connectivity index (χ1v) is 6.33. The molecule has 3 heteroatoms. The summed E-state index contributed by atoms with van der Waals surface area (Å²) in [5, 5.41) is 3.10. The van der Waals surface area contributed by atoms with Crippen LogP contribution in [0.25, 0.3) is 0 Å². The summed E-state index contributed by atoms with van der Waals surface area (Å²) in [7, 11) is 1.92. The van der Waals surface area contributed by atoms with Gasteiger partial charge in [0.05, 0.1) is 0 Å². The third-order valence-corrected chi connectivity index (χ3v) is 2.45. The number of carbonyl (C=O) groups excluding carboxylic acids is 1. The van der Waals surface area contributed by atoms with Gasteiger partial charge in [-0.3, -0.25) is 4.79 Å². The summed E-state index contributed by atoms with van der Waals surface area (Å²) in [6.45, 7) is 11.1. The highest BCUT2D eigenvalue weighted by Crippen LogP contribution is 2.19. The second-order valence-electron chi connectivity index (χ2n) is 5.58. The molecule has 0 aliphatic carbocycles. The molecule has 0 aromatic rings. The molecule has 1 amide bonds. The van der Waals surface area contributed by atoms with Gasteiger partial charge in [0.2, 0.25) is 5.91 Å². The predicted molar refractivity (Wildman–Crippen MR) is 69.5 cm³/mol. The summed E-state index contributed by atoms with van der Waals surface area (Å²) in [4.78, 5) is 14.1. The molecule has 0 aliphatic rings. The zero-order valence-electron chi connectivity index (χ0n) is 11.6. The minimum atomic E-state index is 0.0845. The van der Waals surface area contributed by atoms with Crippen molar-refractivity contribution in [3.63, 3.8) is 0 Å². The quantitative estimate of drug-likeness (QED) is 0.725. The molecule has 0 aliphatic heterocycles. The highest BCUT2D eigenvalue weighted by atomic mass is 16.2. The van der Waals surface area contributed by atoms with Gasteiger partial charge in [0.25, 0.3) is 0 Å². The average molecular weight is 228 g/mol. The van der Waals surface area contributed by atoms with Crippen molar-refractivity contribution < 1.29 is 4.79 Å². The van der Waals surface area contributed by atoms with E-state index in [2.05, 4.69) is 33.0 Å². The van der Waals surface area contributed by atoms with E-state index in [1.165, 1.54) is 0 Å². The number of hydrogen-bond acceptors (Lipinski definition) is 2. The summed E-state index contributed by atoms with van der Waals surface area (Å²) in [5.41, 5.74) is 0.0845. The largest absolute Gasteiger partial charge is 0.341 e. The molecule has 3 nitrogen and oxygen atoms in total. The van der Waals surface area contributed by atoms with Gasteiger partial charge >= 0.3 is 0 Å². The van der Waals surface area contributed by atoms with Crippen molar-refractivity contribution in [2.45, 2.75) is 47.0 Å². The lowest BCUT2D eigenvalue weighted by Crippen LogP contribution is -2.38. The van der Waals surface area contributed by atoms with Crippen molar-refractivity contribution in [1.82, 2.24) is 10.2 Å². The van der Waals surface area contributed by atoms with Crippen LogP contribution < -0.4 is 5.32 Å². The maximum absolute atomic E-state index is 12.1. The fourth-order valence-corrected chi connectivity index (χ4v) is 1.52. The Bertz CT molecular complexity index is 189. The number of nitrogens with zero attached hydrogens (tertiary/aromatic N) is 1. The SMILES string of the molecule is CCCCN(CCNC)C(=O)CC(C)(C)C. The zero-order chi connectivity index (χ0) is 12.6. The summed E-state index contributed by atoms with van der Waals surface area (Å²) in [5.74, 6) is 0.288. The van der Waals surface area contributed by atoms with Crippen LogP contribution in [-0.4, -0.2) is 37.5 Å². The highest BCUT2D eigenvalue weighted by Gasteiger charge is 2.20. The Morgan fingerprint density at radius 2 is 1.88 bits per heavy atom. The first kappa shape index (κ1) is 15.4. The molecule has 0 saturated heterocycles. The maximum Gasteiger partial charge on any atom is 0.223 e. The zero-order valence-corrected chi connectivity index (χ0v) is 11.6. The normalized spacial score (nSPS) is 11.6. The molecule has 1 N–H and O–H groups in total. The van der Waals surface area contributed by atoms with Crippen molar-refractivity contribution in [2.24, 2.45) is 5.41 Å². The van der Waals surface area contributed by atoms with Crippen molar-refractivity contribution in [3.8, 4) is 0 Å². The summed E-state index contributed by atoms with van der Waals surface area (Å²) in [6.07, 6.45) is 2.87. The first-order valence-electron chi connectivity index (χ1n) is 6.33. The van der Waals surface area contributed by atoms with E-state index in [1.807, 2.05) is 11.9 Å². The Balaban J connectivity index is 4.19. The molecule has 0 rings (SSSR count). The van der Waals surface area contributed by atoms with Crippen LogP contribution in [0.2, 0.25) is 0 Å². The number of nitrogens with one attached hydrogen (secondary N) is 1.